The number of aromatic nitrogens is 4. The summed E-state index contributed by atoms with van der Waals surface area (Å²) in [6, 6.07) is 17.2. The summed E-state index contributed by atoms with van der Waals surface area (Å²) in [6.07, 6.45) is 0. The largest absolute Gasteiger partial charge is 0.324 e. The number of nitrogens with zero attached hydrogens (tertiary/aromatic N) is 4. The lowest BCUT2D eigenvalue weighted by Crippen LogP contribution is -2.16. The molecule has 0 saturated carbocycles. The average Bonchev–Trinajstić information content (AvgIpc) is 3.32. The Morgan fingerprint density at radius 1 is 0.921 bits per heavy atom. The molecule has 3 aromatic carbocycles. The van der Waals surface area contributed by atoms with Gasteiger partial charge in [-0.2, -0.15) is 4.68 Å². The van der Waals surface area contributed by atoms with Crippen LogP contribution in [0.5, 0.6) is 0 Å². The fourth-order valence-corrected chi connectivity index (χ4v) is 4.81. The highest BCUT2D eigenvalue weighted by atomic mass is 35.5. The number of thioether (sulfide) groups is 1. The Hall–Kier alpha value is -3.11. The van der Waals surface area contributed by atoms with Gasteiger partial charge in [0.15, 0.2) is 0 Å². The van der Waals surface area contributed by atoms with Crippen LogP contribution in [0.15, 0.2) is 65.8 Å². The van der Waals surface area contributed by atoms with Gasteiger partial charge in [0.1, 0.15) is 0 Å². The highest BCUT2D eigenvalue weighted by Crippen LogP contribution is 2.31. The number of tetrazole rings is 1. The third-order valence-corrected chi connectivity index (χ3v) is 7.30. The van der Waals surface area contributed by atoms with E-state index >= 15 is 0 Å². The van der Waals surface area contributed by atoms with Crippen molar-refractivity contribution in [2.75, 3.05) is 16.4 Å². The van der Waals surface area contributed by atoms with Crippen LogP contribution in [0.4, 0.5) is 11.4 Å². The minimum atomic E-state index is -0.370. The van der Waals surface area contributed by atoms with Gasteiger partial charge in [-0.3, -0.25) is 9.59 Å². The first kappa shape index (κ1) is 27.9. The second kappa shape index (κ2) is 11.7. The first-order chi connectivity index (χ1) is 18.0. The third kappa shape index (κ3) is 6.66. The van der Waals surface area contributed by atoms with Crippen LogP contribution in [0.1, 0.15) is 36.7 Å². The summed E-state index contributed by atoms with van der Waals surface area (Å²) >= 11 is 20.1. The van der Waals surface area contributed by atoms with E-state index in [9.17, 15) is 9.59 Å². The molecule has 0 radical (unpaired) electrons. The van der Waals surface area contributed by atoms with Crippen LogP contribution in [0.3, 0.4) is 0 Å². The number of anilines is 2. The predicted molar refractivity (Wildman–Crippen MR) is 153 cm³/mol. The smallest absolute Gasteiger partial charge is 0.257 e. The van der Waals surface area contributed by atoms with Crippen LogP contribution in [-0.4, -0.2) is 37.8 Å². The van der Waals surface area contributed by atoms with Crippen LogP contribution >= 0.6 is 46.6 Å². The number of carbonyl (C=O) groups is 2. The number of amides is 2. The normalized spacial score (nSPS) is 11.3. The van der Waals surface area contributed by atoms with E-state index in [1.807, 2.05) is 18.2 Å². The molecule has 196 valence electrons. The van der Waals surface area contributed by atoms with Gasteiger partial charge >= 0.3 is 0 Å². The molecule has 2 N–H and O–H groups in total. The molecule has 0 aliphatic rings. The second-order valence-electron chi connectivity index (χ2n) is 9.25. The quantitative estimate of drug-likeness (QED) is 0.227. The zero-order valence-corrected chi connectivity index (χ0v) is 23.7. The molecule has 8 nitrogen and oxygen atoms in total. The Kier molecular flexibility index (Phi) is 8.62. The van der Waals surface area contributed by atoms with Crippen molar-refractivity contribution in [3.63, 3.8) is 0 Å². The number of halogens is 3. The van der Waals surface area contributed by atoms with Gasteiger partial charge in [0, 0.05) is 5.69 Å². The molecule has 0 unspecified atom stereocenters. The van der Waals surface area contributed by atoms with Gasteiger partial charge in [-0.1, -0.05) is 85.5 Å². The first-order valence-corrected chi connectivity index (χ1v) is 13.5. The molecule has 0 saturated heterocycles. The van der Waals surface area contributed by atoms with E-state index in [-0.39, 0.29) is 28.0 Å². The Morgan fingerprint density at radius 3 is 2.37 bits per heavy atom. The van der Waals surface area contributed by atoms with E-state index in [0.717, 1.165) is 17.3 Å². The standard InChI is InChI=1S/C26H23Cl3N6O2S/c1-26(2,3)15-8-11-22(20(29)12-15)35-25(32-33-34-35)38-14-23(36)31-21-10-9-16(13-19(21)28)30-24(37)17-6-4-5-7-18(17)27/h4-13H,14H2,1-3H3,(H,30,37)(H,31,36). The molecule has 0 aliphatic carbocycles. The molecular formula is C26H23Cl3N6O2S. The average molecular weight is 590 g/mol. The maximum Gasteiger partial charge on any atom is 0.257 e. The van der Waals surface area contributed by atoms with E-state index in [1.165, 1.54) is 4.68 Å². The number of hydrogen-bond donors (Lipinski definition) is 2. The van der Waals surface area contributed by atoms with Crippen molar-refractivity contribution in [2.45, 2.75) is 31.3 Å². The highest BCUT2D eigenvalue weighted by Gasteiger charge is 2.19. The zero-order valence-electron chi connectivity index (χ0n) is 20.6. The molecule has 0 spiro atoms. The Labute approximate surface area is 239 Å². The zero-order chi connectivity index (χ0) is 27.4. The summed E-state index contributed by atoms with van der Waals surface area (Å²) in [6.45, 7) is 6.31. The van der Waals surface area contributed by atoms with E-state index in [2.05, 4.69) is 46.9 Å². The van der Waals surface area contributed by atoms with E-state index in [1.54, 1.807) is 42.5 Å². The molecule has 0 atom stereocenters. The Bertz CT molecular complexity index is 1500. The molecule has 1 aromatic heterocycles. The van der Waals surface area contributed by atoms with Crippen molar-refractivity contribution in [3.8, 4) is 5.69 Å². The molecule has 0 fully saturated rings. The topological polar surface area (TPSA) is 102 Å². The number of rotatable bonds is 7. The van der Waals surface area contributed by atoms with Crippen molar-refractivity contribution in [2.24, 2.45) is 0 Å². The fraction of sp³-hybridized carbons (Fsp3) is 0.192. The van der Waals surface area contributed by atoms with Gasteiger partial charge in [0.05, 0.1) is 37.8 Å². The summed E-state index contributed by atoms with van der Waals surface area (Å²) in [7, 11) is 0. The van der Waals surface area contributed by atoms with Crippen LogP contribution in [-0.2, 0) is 10.2 Å². The fourth-order valence-electron chi connectivity index (χ4n) is 3.42. The molecule has 0 aliphatic heterocycles. The van der Waals surface area contributed by atoms with Gasteiger partial charge in [0.25, 0.3) is 5.91 Å². The third-order valence-electron chi connectivity index (χ3n) is 5.43. The molecule has 4 rings (SSSR count). The number of carbonyl (C=O) groups excluding carboxylic acids is 2. The first-order valence-electron chi connectivity index (χ1n) is 11.4. The molecular weight excluding hydrogens is 567 g/mol. The van der Waals surface area contributed by atoms with Gasteiger partial charge < -0.3 is 10.6 Å². The number of nitrogens with one attached hydrogen (secondary N) is 2. The molecule has 38 heavy (non-hydrogen) atoms. The predicted octanol–water partition coefficient (Wildman–Crippen LogP) is 6.90. The van der Waals surface area contributed by atoms with Crippen molar-refractivity contribution in [1.29, 1.82) is 0 Å². The van der Waals surface area contributed by atoms with Gasteiger partial charge in [-0.15, -0.1) is 5.10 Å². The minimum absolute atomic E-state index is 0.0272. The summed E-state index contributed by atoms with van der Waals surface area (Å²) in [5.74, 6) is -0.654. The van der Waals surface area contributed by atoms with Crippen molar-refractivity contribution in [3.05, 3.63) is 86.9 Å². The molecule has 0 bridgehead atoms. The lowest BCUT2D eigenvalue weighted by Gasteiger charge is -2.20. The van der Waals surface area contributed by atoms with Crippen LogP contribution in [0.2, 0.25) is 15.1 Å². The molecule has 12 heteroatoms. The maximum absolute atomic E-state index is 12.6. The summed E-state index contributed by atoms with van der Waals surface area (Å²) < 4.78 is 1.50. The van der Waals surface area contributed by atoms with E-state index < -0.39 is 0 Å². The molecule has 2 amide bonds. The lowest BCUT2D eigenvalue weighted by molar-refractivity contribution is -0.113. The maximum atomic E-state index is 12.6. The van der Waals surface area contributed by atoms with E-state index in [4.69, 9.17) is 34.8 Å². The second-order valence-corrected chi connectivity index (χ2v) is 11.4. The highest BCUT2D eigenvalue weighted by molar-refractivity contribution is 7.99. The van der Waals surface area contributed by atoms with Crippen LogP contribution in [0.25, 0.3) is 5.69 Å². The van der Waals surface area contributed by atoms with Crippen LogP contribution in [0, 0.1) is 0 Å². The lowest BCUT2D eigenvalue weighted by atomic mass is 9.87. The molecule has 4 aromatic rings. The van der Waals surface area contributed by atoms with Crippen molar-refractivity contribution >= 4 is 69.8 Å². The monoisotopic (exact) mass is 588 g/mol. The molecule has 1 heterocycles. The number of benzene rings is 3. The Morgan fingerprint density at radius 2 is 1.68 bits per heavy atom. The van der Waals surface area contributed by atoms with Gasteiger partial charge in [-0.05, 0) is 63.9 Å². The SMILES string of the molecule is CC(C)(C)c1ccc(-n2nnnc2SCC(=O)Nc2ccc(NC(=O)c3ccccc3Cl)cc2Cl)c(Cl)c1. The minimum Gasteiger partial charge on any atom is -0.324 e. The van der Waals surface area contributed by atoms with Gasteiger partial charge in [0.2, 0.25) is 11.1 Å². The summed E-state index contributed by atoms with van der Waals surface area (Å²) in [5.41, 5.74) is 2.84. The Balaban J connectivity index is 1.38. The number of hydrogen-bond acceptors (Lipinski definition) is 6. The van der Waals surface area contributed by atoms with Crippen molar-refractivity contribution in [1.82, 2.24) is 20.2 Å². The van der Waals surface area contributed by atoms with Gasteiger partial charge in [-0.25, -0.2) is 0 Å². The summed E-state index contributed by atoms with van der Waals surface area (Å²) in [5, 5.41) is 18.8. The van der Waals surface area contributed by atoms with E-state index in [0.29, 0.717) is 37.8 Å². The van der Waals surface area contributed by atoms with Crippen LogP contribution < -0.4 is 10.6 Å². The summed E-state index contributed by atoms with van der Waals surface area (Å²) in [4.78, 5) is 25.1. The van der Waals surface area contributed by atoms with Crippen molar-refractivity contribution < 1.29 is 9.59 Å².